The Labute approximate surface area is 375 Å². The van der Waals surface area contributed by atoms with Crippen molar-refractivity contribution >= 4 is 13.7 Å². The van der Waals surface area contributed by atoms with Crippen molar-refractivity contribution in [1.29, 1.82) is 0 Å². The summed E-state index contributed by atoms with van der Waals surface area (Å²) in [6.07, 6.45) is 54.9. The number of aliphatic hydroxyl groups excluding tert-OH is 2. The van der Waals surface area contributed by atoms with Gasteiger partial charge in [-0.05, 0) is 70.6 Å². The largest absolute Gasteiger partial charge is 0.472 e. The molecule has 0 saturated heterocycles. The number of allylic oxidation sites excluding steroid dienone is 7. The van der Waals surface area contributed by atoms with Crippen LogP contribution < -0.4 is 11.1 Å². The van der Waals surface area contributed by atoms with Crippen LogP contribution >= 0.6 is 7.82 Å². The molecule has 0 aromatic heterocycles. The average Bonchev–Trinajstić information content (AvgIpc) is 3.24. The summed E-state index contributed by atoms with van der Waals surface area (Å²) in [5.74, 6) is -0.464. The fourth-order valence-corrected chi connectivity index (χ4v) is 8.08. The summed E-state index contributed by atoms with van der Waals surface area (Å²) in [6, 6.07) is -1.01. The molecule has 0 heterocycles. The van der Waals surface area contributed by atoms with Gasteiger partial charge in [-0.15, -0.1) is 0 Å². The molecule has 0 spiro atoms. The highest BCUT2D eigenvalue weighted by Gasteiger charge is 2.27. The van der Waals surface area contributed by atoms with E-state index in [4.69, 9.17) is 14.8 Å². The molecule has 0 saturated carbocycles. The molecule has 61 heavy (non-hydrogen) atoms. The monoisotopic (exact) mass is 881 g/mol. The maximum absolute atomic E-state index is 12.9. The molecular weight excluding hydrogens is 784 g/mol. The highest BCUT2D eigenvalue weighted by Crippen LogP contribution is 2.43. The Kier molecular flexibility index (Phi) is 45.2. The number of unbranched alkanes of at least 4 members (excludes halogenated alkanes) is 27. The summed E-state index contributed by atoms with van der Waals surface area (Å²) < 4.78 is 22.1. The number of nitrogens with one attached hydrogen (secondary N) is 1. The van der Waals surface area contributed by atoms with Crippen LogP contribution in [0.25, 0.3) is 0 Å². The van der Waals surface area contributed by atoms with Crippen molar-refractivity contribution in [2.75, 3.05) is 19.8 Å². The minimum Gasteiger partial charge on any atom is -0.393 e. The third kappa shape index (κ3) is 44.8. The lowest BCUT2D eigenvalue weighted by Gasteiger charge is -2.24. The van der Waals surface area contributed by atoms with Crippen LogP contribution in [0.4, 0.5) is 0 Å². The highest BCUT2D eigenvalue weighted by atomic mass is 31.2. The molecule has 0 aliphatic rings. The Bertz CT molecular complexity index is 1110. The van der Waals surface area contributed by atoms with Crippen molar-refractivity contribution in [3.05, 3.63) is 48.6 Å². The zero-order valence-corrected chi connectivity index (χ0v) is 40.4. The van der Waals surface area contributed by atoms with E-state index in [1.165, 1.54) is 141 Å². The van der Waals surface area contributed by atoms with Crippen LogP contribution in [0, 0.1) is 0 Å². The van der Waals surface area contributed by atoms with Crippen LogP contribution in [0.2, 0.25) is 0 Å². The molecule has 0 fully saturated rings. The highest BCUT2D eigenvalue weighted by molar-refractivity contribution is 7.47. The Balaban J connectivity index is 4.30. The Morgan fingerprint density at radius 3 is 1.36 bits per heavy atom. The fraction of sp³-hybridized carbons (Fsp3) is 0.824. The summed E-state index contributed by atoms with van der Waals surface area (Å²) in [5.41, 5.74) is 5.38. The third-order valence-electron chi connectivity index (χ3n) is 11.2. The molecule has 4 unspecified atom stereocenters. The molecule has 6 N–H and O–H groups in total. The first-order valence-corrected chi connectivity index (χ1v) is 26.8. The Morgan fingerprint density at radius 2 is 0.934 bits per heavy atom. The first-order chi connectivity index (χ1) is 29.8. The number of hydrogen-bond donors (Lipinski definition) is 5. The minimum atomic E-state index is -4.42. The molecule has 1 amide bonds. The molecule has 4 atom stereocenters. The molecule has 0 aliphatic carbocycles. The van der Waals surface area contributed by atoms with Crippen molar-refractivity contribution in [3.63, 3.8) is 0 Å². The van der Waals surface area contributed by atoms with Crippen LogP contribution in [0.15, 0.2) is 48.6 Å². The van der Waals surface area contributed by atoms with Gasteiger partial charge in [0.25, 0.3) is 0 Å². The molecule has 358 valence electrons. The van der Waals surface area contributed by atoms with Gasteiger partial charge in [0.1, 0.15) is 0 Å². The van der Waals surface area contributed by atoms with E-state index in [1.54, 1.807) is 6.08 Å². The van der Waals surface area contributed by atoms with Gasteiger partial charge in [0.2, 0.25) is 5.91 Å². The fourth-order valence-electron chi connectivity index (χ4n) is 7.32. The van der Waals surface area contributed by atoms with E-state index in [1.807, 2.05) is 6.08 Å². The summed E-state index contributed by atoms with van der Waals surface area (Å²) in [4.78, 5) is 22.8. The van der Waals surface area contributed by atoms with Gasteiger partial charge in [-0.2, -0.15) is 0 Å². The maximum atomic E-state index is 12.9. The van der Waals surface area contributed by atoms with Gasteiger partial charge in [0.15, 0.2) is 0 Å². The first-order valence-electron chi connectivity index (χ1n) is 25.3. The van der Waals surface area contributed by atoms with E-state index in [-0.39, 0.29) is 19.6 Å². The molecular formula is C51H97N2O7P. The normalized spacial score (nSPS) is 14.8. The molecule has 9 nitrogen and oxygen atoms in total. The second-order valence-corrected chi connectivity index (χ2v) is 18.6. The zero-order chi connectivity index (χ0) is 44.8. The van der Waals surface area contributed by atoms with Crippen LogP contribution in [-0.4, -0.2) is 59.0 Å². The van der Waals surface area contributed by atoms with Crippen LogP contribution in [-0.2, 0) is 18.4 Å². The van der Waals surface area contributed by atoms with Crippen molar-refractivity contribution in [2.45, 2.75) is 250 Å². The topological polar surface area (TPSA) is 151 Å². The van der Waals surface area contributed by atoms with Gasteiger partial charge < -0.3 is 26.2 Å². The number of nitrogens with two attached hydrogens (primary N) is 1. The molecule has 10 heteroatoms. The van der Waals surface area contributed by atoms with E-state index >= 15 is 0 Å². The van der Waals surface area contributed by atoms with Gasteiger partial charge in [-0.3, -0.25) is 13.8 Å². The average molecular weight is 881 g/mol. The molecule has 0 aromatic rings. The second kappa shape index (κ2) is 46.4. The number of carbonyl (C=O) groups is 1. The van der Waals surface area contributed by atoms with Gasteiger partial charge >= 0.3 is 7.82 Å². The lowest BCUT2D eigenvalue weighted by molar-refractivity contribution is -0.124. The second-order valence-electron chi connectivity index (χ2n) is 17.2. The molecule has 0 bridgehead atoms. The lowest BCUT2D eigenvalue weighted by atomic mass is 10.0. The summed E-state index contributed by atoms with van der Waals surface area (Å²) in [5, 5.41) is 24.1. The molecule has 0 rings (SSSR count). The van der Waals surface area contributed by atoms with Gasteiger partial charge in [-0.1, -0.05) is 204 Å². The van der Waals surface area contributed by atoms with Crippen molar-refractivity contribution in [1.82, 2.24) is 5.32 Å². The number of rotatable bonds is 47. The third-order valence-corrected chi connectivity index (χ3v) is 12.1. The zero-order valence-electron chi connectivity index (χ0n) is 39.5. The van der Waals surface area contributed by atoms with Crippen LogP contribution in [0.5, 0.6) is 0 Å². The lowest BCUT2D eigenvalue weighted by Crippen LogP contribution is -2.46. The summed E-state index contributed by atoms with van der Waals surface area (Å²) >= 11 is 0. The number of hydrogen-bond acceptors (Lipinski definition) is 7. The van der Waals surface area contributed by atoms with E-state index in [9.17, 15) is 24.5 Å². The van der Waals surface area contributed by atoms with Gasteiger partial charge in [0, 0.05) is 6.54 Å². The number of phosphoric acid groups is 1. The van der Waals surface area contributed by atoms with Crippen molar-refractivity contribution in [2.24, 2.45) is 5.73 Å². The number of aliphatic hydroxyl groups is 2. The summed E-state index contributed by atoms with van der Waals surface area (Å²) in [6.45, 7) is 3.96. The van der Waals surface area contributed by atoms with Crippen LogP contribution in [0.1, 0.15) is 232 Å². The van der Waals surface area contributed by atoms with E-state index in [0.717, 1.165) is 57.8 Å². The summed E-state index contributed by atoms with van der Waals surface area (Å²) in [7, 11) is -4.42. The van der Waals surface area contributed by atoms with Crippen molar-refractivity contribution < 1.29 is 33.5 Å². The molecule has 0 aromatic carbocycles. The predicted molar refractivity (Wildman–Crippen MR) is 260 cm³/mol. The van der Waals surface area contributed by atoms with E-state index in [0.29, 0.717) is 12.8 Å². The smallest absolute Gasteiger partial charge is 0.393 e. The minimum absolute atomic E-state index is 0.0404. The predicted octanol–water partition coefficient (Wildman–Crippen LogP) is 13.8. The first kappa shape index (κ1) is 59.4. The number of carbonyl (C=O) groups excluding carboxylic acids is 1. The van der Waals surface area contributed by atoms with Crippen LogP contribution in [0.3, 0.4) is 0 Å². The Hall–Kier alpha value is -1.58. The van der Waals surface area contributed by atoms with E-state index in [2.05, 4.69) is 55.6 Å². The van der Waals surface area contributed by atoms with Crippen molar-refractivity contribution in [3.8, 4) is 0 Å². The van der Waals surface area contributed by atoms with E-state index < -0.39 is 38.6 Å². The number of phosphoric ester groups is 1. The molecule has 0 radical (unpaired) electrons. The number of amides is 1. The quantitative estimate of drug-likeness (QED) is 0.0230. The molecule has 0 aliphatic heterocycles. The maximum Gasteiger partial charge on any atom is 0.472 e. The Morgan fingerprint density at radius 1 is 0.557 bits per heavy atom. The standard InChI is InChI=1S/C51H97N2O7P/c1-3-5-7-9-11-13-15-17-19-21-23-24-25-27-29-31-33-35-37-39-41-43-50(55)49(47-60-61(57,58)59-45-44-52)53-51(56)46-48(54)42-40-38-36-34-32-30-28-26-22-20-18-16-14-12-10-8-6-4-2/h25-28,33,35,41,43,48-50,54-55H,3-24,29-32,34,36-40,42,44-47,52H2,1-2H3,(H,53,56)(H,57,58)/b27-25+,28-26-,35-33+,43-41+. The van der Waals surface area contributed by atoms with Gasteiger partial charge in [0.05, 0.1) is 37.9 Å². The van der Waals surface area contributed by atoms with Gasteiger partial charge in [-0.25, -0.2) is 4.57 Å². The SMILES string of the molecule is CCCCCCCCCCC/C=C\CCCCCCCC(O)CC(=O)NC(COP(=O)(O)OCCN)C(O)/C=C/CC/C=C/CC/C=C/CCCCCCCCCCCCC.